The molecule has 1 saturated heterocycles. The number of ether oxygens (including phenoxy) is 1. The van der Waals surface area contributed by atoms with E-state index in [0.717, 1.165) is 33.9 Å². The highest BCUT2D eigenvalue weighted by atomic mass is 32.1. The first-order valence-corrected chi connectivity index (χ1v) is 16.2. The van der Waals surface area contributed by atoms with E-state index in [-0.39, 0.29) is 42.9 Å². The number of rotatable bonds is 14. The van der Waals surface area contributed by atoms with Gasteiger partial charge in [-0.05, 0) is 47.7 Å². The summed E-state index contributed by atoms with van der Waals surface area (Å²) in [6.07, 6.45) is 2.22. The van der Waals surface area contributed by atoms with Crippen LogP contribution in [-0.4, -0.2) is 79.3 Å². The molecule has 1 unspecified atom stereocenters. The van der Waals surface area contributed by atoms with E-state index in [9.17, 15) is 18.8 Å². The van der Waals surface area contributed by atoms with Crippen molar-refractivity contribution >= 4 is 45.5 Å². The number of nitrogens with one attached hydrogen (secondary N) is 2. The molecule has 1 aromatic heterocycles. The van der Waals surface area contributed by atoms with Crippen molar-refractivity contribution in [3.63, 3.8) is 0 Å². The Hall–Kier alpha value is -3.80. The van der Waals surface area contributed by atoms with Gasteiger partial charge in [-0.1, -0.05) is 45.5 Å². The third-order valence-electron chi connectivity index (χ3n) is 7.65. The Balaban J connectivity index is 1.49. The summed E-state index contributed by atoms with van der Waals surface area (Å²) in [5.41, 5.74) is 3.28. The molecule has 2 N–H and O–H groups in total. The lowest BCUT2D eigenvalue weighted by molar-refractivity contribution is -0.124. The van der Waals surface area contributed by atoms with Crippen LogP contribution in [0, 0.1) is 11.7 Å². The number of aromatic nitrogens is 1. The number of amides is 3. The average molecular weight is 636 g/mol. The summed E-state index contributed by atoms with van der Waals surface area (Å²) in [5.74, 6) is -1.73. The van der Waals surface area contributed by atoms with Crippen molar-refractivity contribution in [1.29, 1.82) is 0 Å². The lowest BCUT2D eigenvalue weighted by Gasteiger charge is -2.27. The van der Waals surface area contributed by atoms with Crippen molar-refractivity contribution in [2.75, 3.05) is 39.4 Å². The Labute approximate surface area is 268 Å². The molecular formula is C34H42FN5O4S. The smallest absolute Gasteiger partial charge is 0.247 e. The molecule has 240 valence electrons. The van der Waals surface area contributed by atoms with Gasteiger partial charge in [0.2, 0.25) is 17.7 Å². The summed E-state index contributed by atoms with van der Waals surface area (Å²) < 4.78 is 20.0. The standard InChI is InChI=1S/C34H42FN5O4S/c1-5-31(41)36-19-26(18-32-39-29-11-8-25(22(2)3)17-30(29)45-32)34(43)38-28(16-24-6-9-27(35)10-7-24)20-37-33(42)23(4)21-40-12-14-44-15-13-40/h6-11,17,19,22,26,28H,4-5,12-16,18,20-21H2,1-3H3,(H,37,42)(H,38,43)/t26?,28-/m0/s1. The van der Waals surface area contributed by atoms with Gasteiger partial charge in [-0.3, -0.25) is 19.3 Å². The fourth-order valence-electron chi connectivity index (χ4n) is 4.93. The summed E-state index contributed by atoms with van der Waals surface area (Å²) in [7, 11) is 0. The summed E-state index contributed by atoms with van der Waals surface area (Å²) in [5, 5.41) is 6.71. The zero-order valence-electron chi connectivity index (χ0n) is 26.2. The molecule has 45 heavy (non-hydrogen) atoms. The highest BCUT2D eigenvalue weighted by molar-refractivity contribution is 7.18. The second-order valence-electron chi connectivity index (χ2n) is 11.6. The maximum Gasteiger partial charge on any atom is 0.247 e. The van der Waals surface area contributed by atoms with Crippen LogP contribution in [-0.2, 0) is 32.0 Å². The summed E-state index contributed by atoms with van der Waals surface area (Å²) in [4.78, 5) is 49.6. The number of benzene rings is 2. The van der Waals surface area contributed by atoms with Gasteiger partial charge >= 0.3 is 0 Å². The molecule has 3 aromatic rings. The van der Waals surface area contributed by atoms with Crippen LogP contribution < -0.4 is 10.6 Å². The zero-order valence-corrected chi connectivity index (χ0v) is 27.0. The number of thiazole rings is 1. The Bertz CT molecular complexity index is 1510. The summed E-state index contributed by atoms with van der Waals surface area (Å²) in [6, 6.07) is 11.7. The third kappa shape index (κ3) is 10.4. The number of halogens is 1. The van der Waals surface area contributed by atoms with Gasteiger partial charge < -0.3 is 15.4 Å². The molecule has 1 aliphatic rings. The first-order valence-electron chi connectivity index (χ1n) is 15.4. The summed E-state index contributed by atoms with van der Waals surface area (Å²) >= 11 is 1.52. The van der Waals surface area contributed by atoms with Crippen molar-refractivity contribution < 1.29 is 23.5 Å². The van der Waals surface area contributed by atoms with E-state index in [1.165, 1.54) is 35.2 Å². The van der Waals surface area contributed by atoms with Crippen LogP contribution in [0.4, 0.5) is 4.39 Å². The largest absolute Gasteiger partial charge is 0.379 e. The van der Waals surface area contributed by atoms with E-state index in [1.807, 2.05) is 6.07 Å². The molecule has 1 fully saturated rings. The van der Waals surface area contributed by atoms with Crippen molar-refractivity contribution in [1.82, 2.24) is 20.5 Å². The Morgan fingerprint density at radius 2 is 1.87 bits per heavy atom. The molecular weight excluding hydrogens is 593 g/mol. The minimum Gasteiger partial charge on any atom is -0.379 e. The first-order chi connectivity index (χ1) is 21.6. The number of hydrogen-bond acceptors (Lipinski definition) is 7. The Morgan fingerprint density at radius 3 is 2.56 bits per heavy atom. The molecule has 3 amide bonds. The van der Waals surface area contributed by atoms with E-state index in [1.54, 1.807) is 19.1 Å². The fourth-order valence-corrected chi connectivity index (χ4v) is 6.00. The lowest BCUT2D eigenvalue weighted by Crippen LogP contribution is -2.48. The second-order valence-corrected chi connectivity index (χ2v) is 12.7. The number of carbonyl (C=O) groups excluding carboxylic acids is 3. The van der Waals surface area contributed by atoms with Crippen molar-refractivity contribution in [2.45, 2.75) is 52.0 Å². The number of morpholine rings is 1. The predicted octanol–water partition coefficient (Wildman–Crippen LogP) is 4.46. The van der Waals surface area contributed by atoms with Gasteiger partial charge in [-0.15, -0.1) is 11.3 Å². The van der Waals surface area contributed by atoms with Crippen LogP contribution >= 0.6 is 11.3 Å². The number of hydrogen-bond donors (Lipinski definition) is 2. The van der Waals surface area contributed by atoms with Crippen LogP contribution in [0.1, 0.15) is 49.2 Å². The van der Waals surface area contributed by atoms with Gasteiger partial charge in [0.25, 0.3) is 0 Å². The molecule has 0 bridgehead atoms. The first kappa shape index (κ1) is 34.1. The van der Waals surface area contributed by atoms with Gasteiger partial charge in [-0.25, -0.2) is 14.4 Å². The quantitative estimate of drug-likeness (QED) is 0.200. The molecule has 9 nitrogen and oxygen atoms in total. The molecule has 2 atom stereocenters. The van der Waals surface area contributed by atoms with Crippen LogP contribution in [0.25, 0.3) is 10.2 Å². The van der Waals surface area contributed by atoms with Gasteiger partial charge in [0.1, 0.15) is 5.82 Å². The van der Waals surface area contributed by atoms with Crippen LogP contribution in [0.5, 0.6) is 0 Å². The van der Waals surface area contributed by atoms with E-state index in [4.69, 9.17) is 9.72 Å². The second kappa shape index (κ2) is 16.5. The van der Waals surface area contributed by atoms with Gasteiger partial charge in [0.05, 0.1) is 40.4 Å². The van der Waals surface area contributed by atoms with Crippen molar-refractivity contribution in [3.05, 3.63) is 76.6 Å². The van der Waals surface area contributed by atoms with Gasteiger partial charge in [-0.2, -0.15) is 0 Å². The number of aliphatic imine (C=N–C) groups is 1. The number of carbonyl (C=O) groups is 3. The summed E-state index contributed by atoms with van der Waals surface area (Å²) in [6.45, 7) is 13.2. The Morgan fingerprint density at radius 1 is 1.13 bits per heavy atom. The molecule has 2 aromatic carbocycles. The highest BCUT2D eigenvalue weighted by Gasteiger charge is 2.24. The molecule has 2 heterocycles. The van der Waals surface area contributed by atoms with Crippen LogP contribution in [0.2, 0.25) is 0 Å². The molecule has 11 heteroatoms. The van der Waals surface area contributed by atoms with E-state index in [2.05, 4.69) is 53.1 Å². The Kier molecular flexibility index (Phi) is 12.5. The van der Waals surface area contributed by atoms with Crippen LogP contribution in [0.3, 0.4) is 0 Å². The topological polar surface area (TPSA) is 113 Å². The zero-order chi connectivity index (χ0) is 32.3. The SMILES string of the molecule is C=C(CN1CCOCC1)C(=O)NC[C@H](Cc1ccc(F)cc1)NC(=O)C(C=NC(=O)CC)Cc1nc2ccc(C(C)C)cc2s1. The molecule has 4 rings (SSSR count). The average Bonchev–Trinajstić information content (AvgIpc) is 3.44. The highest BCUT2D eigenvalue weighted by Crippen LogP contribution is 2.27. The molecule has 1 aliphatic heterocycles. The van der Waals surface area contributed by atoms with Gasteiger partial charge in [0.15, 0.2) is 0 Å². The minimum absolute atomic E-state index is 0.126. The number of fused-ring (bicyclic) bond motifs is 1. The predicted molar refractivity (Wildman–Crippen MR) is 176 cm³/mol. The van der Waals surface area contributed by atoms with Crippen molar-refractivity contribution in [2.24, 2.45) is 10.9 Å². The van der Waals surface area contributed by atoms with E-state index in [0.29, 0.717) is 37.7 Å². The minimum atomic E-state index is -0.770. The maximum absolute atomic E-state index is 13.8. The molecule has 0 aliphatic carbocycles. The number of nitrogens with zero attached hydrogens (tertiary/aromatic N) is 3. The fraction of sp³-hybridized carbons (Fsp3) is 0.441. The van der Waals surface area contributed by atoms with Crippen LogP contribution in [0.15, 0.2) is 59.6 Å². The third-order valence-corrected chi connectivity index (χ3v) is 8.69. The van der Waals surface area contributed by atoms with E-state index >= 15 is 0 Å². The van der Waals surface area contributed by atoms with Crippen molar-refractivity contribution in [3.8, 4) is 0 Å². The molecule has 0 saturated carbocycles. The van der Waals surface area contributed by atoms with E-state index < -0.39 is 12.0 Å². The normalized spacial score (nSPS) is 15.3. The molecule has 0 spiro atoms. The van der Waals surface area contributed by atoms with Gasteiger partial charge in [0, 0.05) is 50.8 Å². The maximum atomic E-state index is 13.8. The lowest BCUT2D eigenvalue weighted by atomic mass is 10.0. The monoisotopic (exact) mass is 635 g/mol. The molecule has 0 radical (unpaired) electrons.